The molecule has 0 aromatic rings. The summed E-state index contributed by atoms with van der Waals surface area (Å²) in [6, 6.07) is -1.16. The van der Waals surface area contributed by atoms with E-state index < -0.39 is 74.2 Å². The SMILES string of the molecule is CCCCCCCCCCCCCCCCCCCCCCCCCCCCC(O)C(=O)NC(COC1OC(CO)C(O)C(O)C1O)C(O)C(O)CCCCCCCCCCCCCCCCCCCCCCCCCC. The van der Waals surface area contributed by atoms with Gasteiger partial charge < -0.3 is 50.5 Å². The van der Waals surface area contributed by atoms with Gasteiger partial charge in [0.25, 0.3) is 0 Å². The minimum absolute atomic E-state index is 0.268. The molecule has 0 radical (unpaired) electrons. The van der Waals surface area contributed by atoms with Gasteiger partial charge in [-0.25, -0.2) is 0 Å². The normalized spacial score (nSPS) is 19.4. The fourth-order valence-electron chi connectivity index (χ4n) is 11.4. The van der Waals surface area contributed by atoms with E-state index in [1.165, 1.54) is 270 Å². The number of unbranched alkanes of at least 4 members (excludes halogenated alkanes) is 48. The molecule has 0 bridgehead atoms. The van der Waals surface area contributed by atoms with E-state index in [9.17, 15) is 40.5 Å². The number of hydrogen-bond acceptors (Lipinski definition) is 10. The highest BCUT2D eigenvalue weighted by molar-refractivity contribution is 5.80. The molecule has 1 aliphatic rings. The molecule has 0 saturated carbocycles. The third kappa shape index (κ3) is 43.5. The highest BCUT2D eigenvalue weighted by atomic mass is 16.7. The van der Waals surface area contributed by atoms with E-state index >= 15 is 0 Å². The van der Waals surface area contributed by atoms with Crippen molar-refractivity contribution >= 4 is 5.91 Å². The molecule has 1 fully saturated rings. The molecule has 0 aromatic carbocycles. The van der Waals surface area contributed by atoms with Gasteiger partial charge in [-0.05, 0) is 12.8 Å². The van der Waals surface area contributed by atoms with Crippen LogP contribution in [0.3, 0.4) is 0 Å². The molecule has 1 amide bonds. The largest absolute Gasteiger partial charge is 0.394 e. The molecule has 9 atom stereocenters. The molecule has 9 unspecified atom stereocenters. The second-order valence-corrected chi connectivity index (χ2v) is 24.3. The monoisotopic (exact) mass is 1100 g/mol. The smallest absolute Gasteiger partial charge is 0.249 e. The number of nitrogens with one attached hydrogen (secondary N) is 1. The molecule has 0 spiro atoms. The van der Waals surface area contributed by atoms with Gasteiger partial charge in [-0.2, -0.15) is 0 Å². The van der Waals surface area contributed by atoms with Crippen molar-refractivity contribution in [3.05, 3.63) is 0 Å². The molecule has 0 aromatic heterocycles. The first-order valence-electron chi connectivity index (χ1n) is 33.9. The molecule has 1 aliphatic heterocycles. The van der Waals surface area contributed by atoms with Gasteiger partial charge in [-0.15, -0.1) is 0 Å². The van der Waals surface area contributed by atoms with Crippen molar-refractivity contribution in [2.45, 2.75) is 403 Å². The highest BCUT2D eigenvalue weighted by Gasteiger charge is 2.44. The molecular weight excluding hydrogens is 967 g/mol. The first kappa shape index (κ1) is 74.1. The van der Waals surface area contributed by atoms with E-state index in [0.717, 1.165) is 38.5 Å². The Kier molecular flexibility index (Phi) is 53.6. The van der Waals surface area contributed by atoms with E-state index in [0.29, 0.717) is 19.3 Å². The minimum Gasteiger partial charge on any atom is -0.394 e. The van der Waals surface area contributed by atoms with Gasteiger partial charge >= 0.3 is 0 Å². The lowest BCUT2D eigenvalue weighted by molar-refractivity contribution is -0.303. The van der Waals surface area contributed by atoms with Gasteiger partial charge in [0.15, 0.2) is 6.29 Å². The Hall–Kier alpha value is -0.890. The summed E-state index contributed by atoms with van der Waals surface area (Å²) >= 11 is 0. The lowest BCUT2D eigenvalue weighted by atomic mass is 9.98. The summed E-state index contributed by atoms with van der Waals surface area (Å²) in [5, 5.41) is 76.5. The molecule has 460 valence electrons. The van der Waals surface area contributed by atoms with E-state index in [4.69, 9.17) is 9.47 Å². The topological polar surface area (TPSA) is 189 Å². The van der Waals surface area contributed by atoms with Crippen LogP contribution in [0.25, 0.3) is 0 Å². The third-order valence-electron chi connectivity index (χ3n) is 16.9. The van der Waals surface area contributed by atoms with Crippen LogP contribution in [0.4, 0.5) is 0 Å². The second-order valence-electron chi connectivity index (χ2n) is 24.3. The standard InChI is InChI=1S/C66H131NO10/c1-3-5-7-9-11-13-15-17-19-21-23-25-27-29-30-32-34-36-38-40-42-44-46-48-50-52-54-59(70)65(75)67-57(56-76-66-64(74)63(73)62(72)60(55-68)77-66)61(71)58(69)53-51-49-47-45-43-41-39-37-35-33-31-28-26-24-22-20-18-16-14-12-10-8-6-4-2/h57-64,66,68-74H,3-56H2,1-2H3,(H,67,75). The quantitative estimate of drug-likeness (QED) is 0.0272. The van der Waals surface area contributed by atoms with Crippen molar-refractivity contribution in [1.29, 1.82) is 0 Å². The number of aliphatic hydroxyl groups excluding tert-OH is 7. The number of hydrogen-bond donors (Lipinski definition) is 8. The van der Waals surface area contributed by atoms with Crippen molar-refractivity contribution in [2.24, 2.45) is 0 Å². The fraction of sp³-hybridized carbons (Fsp3) is 0.985. The average Bonchev–Trinajstić information content (AvgIpc) is 3.43. The van der Waals surface area contributed by atoms with Gasteiger partial charge in [0.05, 0.1) is 25.4 Å². The number of ether oxygens (including phenoxy) is 2. The highest BCUT2D eigenvalue weighted by Crippen LogP contribution is 2.24. The predicted molar refractivity (Wildman–Crippen MR) is 321 cm³/mol. The Balaban J connectivity index is 2.21. The average molecular weight is 1100 g/mol. The molecular formula is C66H131NO10. The number of rotatable bonds is 60. The number of carbonyl (C=O) groups is 1. The molecule has 1 saturated heterocycles. The lowest BCUT2D eigenvalue weighted by Crippen LogP contribution is -2.60. The Bertz CT molecular complexity index is 1210. The second kappa shape index (κ2) is 55.6. The molecule has 77 heavy (non-hydrogen) atoms. The number of carbonyl (C=O) groups excluding carboxylic acids is 1. The van der Waals surface area contributed by atoms with Gasteiger partial charge in [0, 0.05) is 0 Å². The van der Waals surface area contributed by atoms with Crippen molar-refractivity contribution in [1.82, 2.24) is 5.32 Å². The summed E-state index contributed by atoms with van der Waals surface area (Å²) in [4.78, 5) is 13.2. The Labute approximate surface area is 475 Å². The van der Waals surface area contributed by atoms with Crippen LogP contribution < -0.4 is 5.32 Å². The molecule has 1 rings (SSSR count). The van der Waals surface area contributed by atoms with Gasteiger partial charge in [0.2, 0.25) is 5.91 Å². The summed E-state index contributed by atoms with van der Waals surface area (Å²) in [5.74, 6) is -0.687. The zero-order chi connectivity index (χ0) is 56.1. The van der Waals surface area contributed by atoms with Crippen LogP contribution in [0.1, 0.15) is 348 Å². The van der Waals surface area contributed by atoms with Gasteiger partial charge in [-0.3, -0.25) is 4.79 Å². The van der Waals surface area contributed by atoms with Crippen LogP contribution in [0.5, 0.6) is 0 Å². The van der Waals surface area contributed by atoms with Crippen molar-refractivity contribution < 1.29 is 50.0 Å². The van der Waals surface area contributed by atoms with Crippen molar-refractivity contribution in [3.8, 4) is 0 Å². The molecule has 11 heteroatoms. The molecule has 11 nitrogen and oxygen atoms in total. The maximum atomic E-state index is 13.2. The number of amides is 1. The minimum atomic E-state index is -1.66. The zero-order valence-corrected chi connectivity index (χ0v) is 50.7. The summed E-state index contributed by atoms with van der Waals surface area (Å²) in [6.45, 7) is 3.52. The van der Waals surface area contributed by atoms with Crippen LogP contribution in [-0.4, -0.2) is 110 Å². The molecule has 1 heterocycles. The molecule has 8 N–H and O–H groups in total. The Morgan fingerprint density at radius 1 is 0.403 bits per heavy atom. The first-order valence-corrected chi connectivity index (χ1v) is 33.9. The lowest BCUT2D eigenvalue weighted by Gasteiger charge is -2.40. The first-order chi connectivity index (χ1) is 37.7. The Morgan fingerprint density at radius 3 is 0.961 bits per heavy atom. The van der Waals surface area contributed by atoms with Gasteiger partial charge in [0.1, 0.15) is 36.6 Å². The maximum Gasteiger partial charge on any atom is 0.249 e. The van der Waals surface area contributed by atoms with E-state index in [2.05, 4.69) is 19.2 Å². The summed E-state index contributed by atoms with van der Waals surface area (Å²) < 4.78 is 11.2. The van der Waals surface area contributed by atoms with E-state index in [1.807, 2.05) is 0 Å². The van der Waals surface area contributed by atoms with E-state index in [-0.39, 0.29) is 6.42 Å². The zero-order valence-electron chi connectivity index (χ0n) is 50.7. The predicted octanol–water partition coefficient (Wildman–Crippen LogP) is 15.7. The molecule has 0 aliphatic carbocycles. The maximum absolute atomic E-state index is 13.2. The van der Waals surface area contributed by atoms with E-state index in [1.54, 1.807) is 0 Å². The van der Waals surface area contributed by atoms with Crippen LogP contribution in [0.2, 0.25) is 0 Å². The summed E-state index contributed by atoms with van der Waals surface area (Å²) in [6.07, 6.45) is 54.6. The van der Waals surface area contributed by atoms with Crippen molar-refractivity contribution in [3.63, 3.8) is 0 Å². The third-order valence-corrected chi connectivity index (χ3v) is 16.9. The summed E-state index contributed by atoms with van der Waals surface area (Å²) in [7, 11) is 0. The Morgan fingerprint density at radius 2 is 0.675 bits per heavy atom. The van der Waals surface area contributed by atoms with Crippen LogP contribution in [0, 0.1) is 0 Å². The number of aliphatic hydroxyl groups is 7. The van der Waals surface area contributed by atoms with Gasteiger partial charge in [-0.1, -0.05) is 335 Å². The van der Waals surface area contributed by atoms with Crippen LogP contribution in [-0.2, 0) is 14.3 Å². The van der Waals surface area contributed by atoms with Crippen LogP contribution in [0.15, 0.2) is 0 Å². The summed E-state index contributed by atoms with van der Waals surface area (Å²) in [5.41, 5.74) is 0. The fourth-order valence-corrected chi connectivity index (χ4v) is 11.4. The van der Waals surface area contributed by atoms with Crippen molar-refractivity contribution in [2.75, 3.05) is 13.2 Å². The van der Waals surface area contributed by atoms with Crippen LogP contribution >= 0.6 is 0 Å².